The average molecular weight is 437 g/mol. The Bertz CT molecular complexity index is 941. The average Bonchev–Trinajstić information content (AvgIpc) is 3.31. The molecule has 0 spiro atoms. The number of guanidine groups is 1. The highest BCUT2D eigenvalue weighted by molar-refractivity contribution is 5.80. The molecule has 1 aliphatic rings. The molecule has 2 aromatic rings. The lowest BCUT2D eigenvalue weighted by Gasteiger charge is -2.21. The van der Waals surface area contributed by atoms with E-state index < -0.39 is 0 Å². The Kier molecular flexibility index (Phi) is 8.12. The molecule has 32 heavy (non-hydrogen) atoms. The maximum atomic E-state index is 9.58. The third kappa shape index (κ3) is 5.60. The van der Waals surface area contributed by atoms with Crippen molar-refractivity contribution in [2.75, 3.05) is 31.9 Å². The summed E-state index contributed by atoms with van der Waals surface area (Å²) in [5.41, 5.74) is 8.23. The summed E-state index contributed by atoms with van der Waals surface area (Å²) >= 11 is 0. The molecule has 8 heteroatoms. The first kappa shape index (κ1) is 23.6. The van der Waals surface area contributed by atoms with E-state index in [2.05, 4.69) is 54.4 Å². The number of aromatic nitrogens is 2. The molecule has 8 nitrogen and oxygen atoms in total. The molecule has 1 saturated heterocycles. The fourth-order valence-electron chi connectivity index (χ4n) is 4.09. The fourth-order valence-corrected chi connectivity index (χ4v) is 4.09. The molecule has 3 rings (SSSR count). The van der Waals surface area contributed by atoms with Gasteiger partial charge in [-0.25, -0.2) is 4.68 Å². The summed E-state index contributed by atoms with van der Waals surface area (Å²) in [6.45, 7) is 12.5. The van der Waals surface area contributed by atoms with Crippen molar-refractivity contribution in [2.45, 2.75) is 52.6 Å². The predicted molar refractivity (Wildman–Crippen MR) is 130 cm³/mol. The molecule has 2 unspecified atom stereocenters. The third-order valence-corrected chi connectivity index (χ3v) is 5.99. The largest absolute Gasteiger partial charge is 0.382 e. The van der Waals surface area contributed by atoms with E-state index in [1.165, 1.54) is 0 Å². The molecule has 172 valence electrons. The summed E-state index contributed by atoms with van der Waals surface area (Å²) in [6.07, 6.45) is 1.44. The summed E-state index contributed by atoms with van der Waals surface area (Å²) in [6, 6.07) is 12.8. The third-order valence-electron chi connectivity index (χ3n) is 5.99. The molecular weight excluding hydrogens is 400 g/mol. The van der Waals surface area contributed by atoms with Gasteiger partial charge in [-0.15, -0.1) is 0 Å². The summed E-state index contributed by atoms with van der Waals surface area (Å²) in [4.78, 5) is 7.27. The number of nitrogens with zero attached hydrogens (tertiary/aromatic N) is 5. The lowest BCUT2D eigenvalue weighted by molar-refractivity contribution is 0.265. The predicted octanol–water partition coefficient (Wildman–Crippen LogP) is 2.54. The lowest BCUT2D eigenvalue weighted by Crippen LogP contribution is -2.46. The van der Waals surface area contributed by atoms with E-state index in [0.717, 1.165) is 43.4 Å². The van der Waals surface area contributed by atoms with Gasteiger partial charge in [0.2, 0.25) is 0 Å². The molecular formula is C24H36N8. The minimum Gasteiger partial charge on any atom is -0.382 e. The first-order valence-corrected chi connectivity index (χ1v) is 11.6. The van der Waals surface area contributed by atoms with Crippen molar-refractivity contribution in [3.8, 4) is 11.8 Å². The number of likely N-dealkylation sites (tertiary alicyclic amines) is 1. The van der Waals surface area contributed by atoms with E-state index in [4.69, 9.17) is 10.7 Å². The van der Waals surface area contributed by atoms with Gasteiger partial charge < -0.3 is 16.4 Å². The smallest absolute Gasteiger partial charge is 0.191 e. The second-order valence-corrected chi connectivity index (χ2v) is 8.71. The van der Waals surface area contributed by atoms with Crippen molar-refractivity contribution >= 4 is 11.8 Å². The molecule has 1 aliphatic heterocycles. The van der Waals surface area contributed by atoms with Crippen LogP contribution in [0.3, 0.4) is 0 Å². The zero-order valence-corrected chi connectivity index (χ0v) is 19.7. The minimum atomic E-state index is 0.386. The van der Waals surface area contributed by atoms with Crippen LogP contribution in [-0.4, -0.2) is 58.9 Å². The van der Waals surface area contributed by atoms with Crippen LogP contribution >= 0.6 is 0 Å². The van der Waals surface area contributed by atoms with E-state index in [0.29, 0.717) is 42.3 Å². The standard InChI is InChI=1S/C24H36N8/c1-5-27-24(29-22-16-31(17(2)3)15-18(22)4)28-13-9-12-21-20(14-25)23(26)32(30-21)19-10-7-6-8-11-19/h6-8,10-11,17-18,22H,5,9,12-13,15-16,26H2,1-4H3,(H2,27,28,29). The normalized spacial score (nSPS) is 19.3. The summed E-state index contributed by atoms with van der Waals surface area (Å²) in [5.74, 6) is 1.81. The van der Waals surface area contributed by atoms with Gasteiger partial charge in [0.05, 0.1) is 11.4 Å². The van der Waals surface area contributed by atoms with Gasteiger partial charge in [-0.3, -0.25) is 9.89 Å². The molecule has 1 aromatic heterocycles. The number of nitriles is 1. The summed E-state index contributed by atoms with van der Waals surface area (Å²) < 4.78 is 1.64. The number of aryl methyl sites for hydroxylation is 1. The van der Waals surface area contributed by atoms with Gasteiger partial charge in [0.25, 0.3) is 0 Å². The summed E-state index contributed by atoms with van der Waals surface area (Å²) in [7, 11) is 0. The Labute approximate surface area is 191 Å². The van der Waals surface area contributed by atoms with Gasteiger partial charge in [-0.2, -0.15) is 10.4 Å². The van der Waals surface area contributed by atoms with Gasteiger partial charge in [-0.1, -0.05) is 25.1 Å². The molecule has 0 aliphatic carbocycles. The van der Waals surface area contributed by atoms with Gasteiger partial charge in [-0.05, 0) is 51.7 Å². The topological polar surface area (TPSA) is 107 Å². The Hall–Kier alpha value is -3.05. The maximum absolute atomic E-state index is 9.58. The summed E-state index contributed by atoms with van der Waals surface area (Å²) in [5, 5.41) is 21.2. The number of nitrogens with two attached hydrogens (primary N) is 1. The molecule has 1 aromatic carbocycles. The maximum Gasteiger partial charge on any atom is 0.191 e. The zero-order valence-electron chi connectivity index (χ0n) is 19.7. The van der Waals surface area contributed by atoms with Crippen molar-refractivity contribution < 1.29 is 0 Å². The van der Waals surface area contributed by atoms with Gasteiger partial charge in [0.1, 0.15) is 17.5 Å². The number of para-hydroxylation sites is 1. The van der Waals surface area contributed by atoms with Crippen LogP contribution in [-0.2, 0) is 6.42 Å². The van der Waals surface area contributed by atoms with Crippen molar-refractivity contribution in [1.82, 2.24) is 25.3 Å². The molecule has 2 heterocycles. The number of nitrogen functional groups attached to an aromatic ring is 1. The number of aliphatic imine (C=N–C) groups is 1. The number of anilines is 1. The van der Waals surface area contributed by atoms with E-state index in [1.54, 1.807) is 4.68 Å². The van der Waals surface area contributed by atoms with Crippen LogP contribution in [0.1, 0.15) is 45.4 Å². The number of benzene rings is 1. The van der Waals surface area contributed by atoms with Crippen molar-refractivity contribution in [3.63, 3.8) is 0 Å². The van der Waals surface area contributed by atoms with E-state index in [1.807, 2.05) is 30.3 Å². The number of rotatable bonds is 8. The highest BCUT2D eigenvalue weighted by atomic mass is 15.3. The number of hydrogen-bond donors (Lipinski definition) is 3. The molecule has 4 N–H and O–H groups in total. The first-order valence-electron chi connectivity index (χ1n) is 11.6. The van der Waals surface area contributed by atoms with Crippen molar-refractivity contribution in [3.05, 3.63) is 41.6 Å². The Morgan fingerprint density at radius 1 is 1.31 bits per heavy atom. The van der Waals surface area contributed by atoms with Gasteiger partial charge in [0.15, 0.2) is 5.96 Å². The second kappa shape index (κ2) is 11.0. The minimum absolute atomic E-state index is 0.386. The van der Waals surface area contributed by atoms with Crippen LogP contribution in [0.4, 0.5) is 5.82 Å². The second-order valence-electron chi connectivity index (χ2n) is 8.71. The molecule has 0 radical (unpaired) electrons. The molecule has 0 amide bonds. The molecule has 0 bridgehead atoms. The SMILES string of the molecule is CCNC(=NCCCc1nn(-c2ccccc2)c(N)c1C#N)NC1CN(C(C)C)CC1C. The van der Waals surface area contributed by atoms with Gasteiger partial charge in [0, 0.05) is 38.3 Å². The van der Waals surface area contributed by atoms with E-state index in [9.17, 15) is 5.26 Å². The van der Waals surface area contributed by atoms with Crippen LogP contribution in [0.2, 0.25) is 0 Å². The van der Waals surface area contributed by atoms with Gasteiger partial charge >= 0.3 is 0 Å². The molecule has 1 fully saturated rings. The zero-order chi connectivity index (χ0) is 23.1. The van der Waals surface area contributed by atoms with Crippen LogP contribution in [0.5, 0.6) is 0 Å². The van der Waals surface area contributed by atoms with Crippen molar-refractivity contribution in [1.29, 1.82) is 5.26 Å². The Morgan fingerprint density at radius 2 is 2.06 bits per heavy atom. The number of nitrogens with one attached hydrogen (secondary N) is 2. The highest BCUT2D eigenvalue weighted by Crippen LogP contribution is 2.21. The highest BCUT2D eigenvalue weighted by Gasteiger charge is 2.31. The van der Waals surface area contributed by atoms with Crippen LogP contribution in [0, 0.1) is 17.2 Å². The van der Waals surface area contributed by atoms with Crippen LogP contribution < -0.4 is 16.4 Å². The van der Waals surface area contributed by atoms with Crippen LogP contribution in [0.15, 0.2) is 35.3 Å². The molecule has 0 saturated carbocycles. The van der Waals surface area contributed by atoms with Crippen LogP contribution in [0.25, 0.3) is 5.69 Å². The molecule has 2 atom stereocenters. The quantitative estimate of drug-likeness (QED) is 0.333. The van der Waals surface area contributed by atoms with E-state index in [-0.39, 0.29) is 0 Å². The number of hydrogen-bond acceptors (Lipinski definition) is 5. The monoisotopic (exact) mass is 436 g/mol. The Morgan fingerprint density at radius 3 is 2.69 bits per heavy atom. The van der Waals surface area contributed by atoms with E-state index >= 15 is 0 Å². The Balaban J connectivity index is 1.61. The first-order chi connectivity index (χ1) is 15.4. The fraction of sp³-hybridized carbons (Fsp3) is 0.542. The lowest BCUT2D eigenvalue weighted by atomic mass is 10.1. The van der Waals surface area contributed by atoms with Crippen molar-refractivity contribution in [2.24, 2.45) is 10.9 Å².